The van der Waals surface area contributed by atoms with Gasteiger partial charge in [0.2, 0.25) is 34.7 Å². The maximum atomic E-state index is 14.1. The summed E-state index contributed by atoms with van der Waals surface area (Å²) in [6.45, 7) is -1.32. The summed E-state index contributed by atoms with van der Waals surface area (Å²) in [7, 11) is 3.52. The van der Waals surface area contributed by atoms with Crippen molar-refractivity contribution in [3.05, 3.63) is 28.4 Å². The number of aromatic hydroxyl groups is 3. The highest BCUT2D eigenvalue weighted by atomic mass is 16.7. The molecule has 1 aromatic heterocycles. The van der Waals surface area contributed by atoms with Gasteiger partial charge in [0.1, 0.15) is 48.1 Å². The van der Waals surface area contributed by atoms with Crippen LogP contribution >= 0.6 is 0 Å². The van der Waals surface area contributed by atoms with E-state index in [4.69, 9.17) is 37.6 Å². The van der Waals surface area contributed by atoms with Crippen LogP contribution in [0.15, 0.2) is 27.4 Å². The van der Waals surface area contributed by atoms with Gasteiger partial charge >= 0.3 is 0 Å². The number of benzene rings is 2. The van der Waals surface area contributed by atoms with Crippen LogP contribution in [0.5, 0.6) is 40.2 Å². The van der Waals surface area contributed by atoms with Gasteiger partial charge in [0.05, 0.1) is 34.5 Å². The highest BCUT2D eigenvalue weighted by molar-refractivity contribution is 5.96. The standard InChI is InChI=1S/C29H34O18/c1-40-12-6-9(4-5-10(12)31)22-27(18(36)14-17(35)24(41-2)20(38)26(42-3)23(14)45-22)47-29-21(39)25(16(34)13(7-30)44-29)46-28-19(37)15(33)11(32)8-43-28/h4-6,11,13,15-16,19,21,25,28-35,37-39H,7-8H2,1-3H3. The quantitative estimate of drug-likeness (QED) is 0.122. The van der Waals surface area contributed by atoms with E-state index in [-0.39, 0.29) is 17.1 Å². The Bertz CT molecular complexity index is 1660. The number of hydrogen-bond donors (Lipinski definition) is 9. The molecule has 0 bridgehead atoms. The van der Waals surface area contributed by atoms with Gasteiger partial charge < -0.3 is 83.5 Å². The maximum absolute atomic E-state index is 14.1. The second-order valence-electron chi connectivity index (χ2n) is 10.6. The van der Waals surface area contributed by atoms with Crippen molar-refractivity contribution < 1.29 is 83.5 Å². The molecule has 0 spiro atoms. The zero-order valence-corrected chi connectivity index (χ0v) is 25.0. The van der Waals surface area contributed by atoms with E-state index in [2.05, 4.69) is 0 Å². The maximum Gasteiger partial charge on any atom is 0.239 e. The molecule has 9 N–H and O–H groups in total. The van der Waals surface area contributed by atoms with Crippen LogP contribution in [0, 0.1) is 0 Å². The van der Waals surface area contributed by atoms with Crippen LogP contribution in [-0.2, 0) is 14.2 Å². The first kappa shape index (κ1) is 34.2. The zero-order chi connectivity index (χ0) is 34.3. The van der Waals surface area contributed by atoms with Crippen LogP contribution in [-0.4, -0.2) is 136 Å². The van der Waals surface area contributed by atoms with Crippen molar-refractivity contribution in [1.29, 1.82) is 0 Å². The Morgan fingerprint density at radius 3 is 2.17 bits per heavy atom. The summed E-state index contributed by atoms with van der Waals surface area (Å²) < 4.78 is 43.7. The molecular formula is C29H34O18. The van der Waals surface area contributed by atoms with Gasteiger partial charge in [0, 0.05) is 5.56 Å². The van der Waals surface area contributed by atoms with E-state index in [0.717, 1.165) is 14.2 Å². The smallest absolute Gasteiger partial charge is 0.239 e. The average molecular weight is 671 g/mol. The fourth-order valence-corrected chi connectivity index (χ4v) is 5.31. The molecule has 3 aromatic rings. The Labute approximate surface area is 264 Å². The molecule has 9 atom stereocenters. The molecule has 258 valence electrons. The lowest BCUT2D eigenvalue weighted by atomic mass is 9.98. The third kappa shape index (κ3) is 5.94. The Hall–Kier alpha value is -4.11. The normalized spacial score (nSPS) is 29.4. The van der Waals surface area contributed by atoms with E-state index in [0.29, 0.717) is 0 Å². The van der Waals surface area contributed by atoms with Gasteiger partial charge in [-0.3, -0.25) is 4.79 Å². The summed E-state index contributed by atoms with van der Waals surface area (Å²) in [5.74, 6) is -4.01. The first-order chi connectivity index (χ1) is 22.4. The Balaban J connectivity index is 1.65. The predicted molar refractivity (Wildman–Crippen MR) is 154 cm³/mol. The van der Waals surface area contributed by atoms with Crippen LogP contribution in [0.4, 0.5) is 0 Å². The first-order valence-electron chi connectivity index (χ1n) is 14.0. The predicted octanol–water partition coefficient (Wildman–Crippen LogP) is -1.76. The molecule has 2 fully saturated rings. The van der Waals surface area contributed by atoms with E-state index in [1.54, 1.807) is 0 Å². The monoisotopic (exact) mass is 670 g/mol. The minimum Gasteiger partial charge on any atom is -0.504 e. The molecule has 2 aromatic carbocycles. The van der Waals surface area contributed by atoms with Crippen molar-refractivity contribution in [1.82, 2.24) is 0 Å². The van der Waals surface area contributed by atoms with Crippen molar-refractivity contribution >= 4 is 11.0 Å². The van der Waals surface area contributed by atoms with Crippen LogP contribution in [0.3, 0.4) is 0 Å². The Kier molecular flexibility index (Phi) is 9.87. The van der Waals surface area contributed by atoms with Crippen LogP contribution in [0.1, 0.15) is 0 Å². The molecule has 0 radical (unpaired) electrons. The van der Waals surface area contributed by atoms with Crippen molar-refractivity contribution in [2.45, 2.75) is 55.3 Å². The van der Waals surface area contributed by atoms with Crippen molar-refractivity contribution in [3.8, 4) is 51.6 Å². The molecule has 0 amide bonds. The SMILES string of the molecule is COc1cc(-c2oc3c(OC)c(O)c(OC)c(O)c3c(=O)c2OC2OC(CO)C(O)C(OC3OCC(O)C(O)C3O)C2O)ccc1O. The number of phenols is 3. The third-order valence-corrected chi connectivity index (χ3v) is 7.81. The van der Waals surface area contributed by atoms with E-state index in [9.17, 15) is 50.8 Å². The lowest BCUT2D eigenvalue weighted by Gasteiger charge is -2.44. The minimum atomic E-state index is -2.00. The molecule has 18 nitrogen and oxygen atoms in total. The lowest BCUT2D eigenvalue weighted by Crippen LogP contribution is -2.64. The summed E-state index contributed by atoms with van der Waals surface area (Å²) in [6, 6.07) is 3.77. The van der Waals surface area contributed by atoms with E-state index in [1.807, 2.05) is 0 Å². The highest BCUT2D eigenvalue weighted by Crippen LogP contribution is 2.51. The van der Waals surface area contributed by atoms with Gasteiger partial charge in [0.15, 0.2) is 34.9 Å². The number of ether oxygens (including phenoxy) is 7. The molecule has 0 aliphatic carbocycles. The number of methoxy groups -OCH3 is 3. The molecule has 2 saturated heterocycles. The molecule has 9 unspecified atom stereocenters. The summed E-state index contributed by atoms with van der Waals surface area (Å²) in [5.41, 5.74) is -1.53. The number of hydrogen-bond acceptors (Lipinski definition) is 18. The van der Waals surface area contributed by atoms with Gasteiger partial charge in [-0.15, -0.1) is 0 Å². The number of phenolic OH excluding ortho intramolecular Hbond substituents is 3. The molecular weight excluding hydrogens is 636 g/mol. The highest BCUT2D eigenvalue weighted by Gasteiger charge is 2.50. The molecule has 5 rings (SSSR count). The molecule has 18 heteroatoms. The van der Waals surface area contributed by atoms with Crippen LogP contribution in [0.2, 0.25) is 0 Å². The van der Waals surface area contributed by atoms with E-state index < -0.39 is 119 Å². The lowest BCUT2D eigenvalue weighted by molar-refractivity contribution is -0.339. The summed E-state index contributed by atoms with van der Waals surface area (Å²) in [6.07, 6.45) is -15.6. The molecule has 2 aliphatic rings. The fourth-order valence-electron chi connectivity index (χ4n) is 5.31. The first-order valence-corrected chi connectivity index (χ1v) is 14.0. The van der Waals surface area contributed by atoms with Gasteiger partial charge in [-0.1, -0.05) is 0 Å². The Morgan fingerprint density at radius 1 is 0.830 bits per heavy atom. The summed E-state index contributed by atoms with van der Waals surface area (Å²) in [5, 5.41) is 93.4. The van der Waals surface area contributed by atoms with Crippen molar-refractivity contribution in [3.63, 3.8) is 0 Å². The summed E-state index contributed by atoms with van der Waals surface area (Å²) in [4.78, 5) is 14.1. The second-order valence-corrected chi connectivity index (χ2v) is 10.6. The topological polar surface area (TPSA) is 277 Å². The van der Waals surface area contributed by atoms with Crippen LogP contribution < -0.4 is 24.4 Å². The molecule has 2 aliphatic heterocycles. The minimum absolute atomic E-state index is 0.0358. The third-order valence-electron chi connectivity index (χ3n) is 7.81. The van der Waals surface area contributed by atoms with E-state index >= 15 is 0 Å². The van der Waals surface area contributed by atoms with Gasteiger partial charge in [-0.05, 0) is 18.2 Å². The number of aliphatic hydroxyl groups excluding tert-OH is 6. The van der Waals surface area contributed by atoms with Crippen molar-refractivity contribution in [2.24, 2.45) is 0 Å². The number of fused-ring (bicyclic) bond motifs is 1. The number of aliphatic hydroxyl groups is 6. The zero-order valence-electron chi connectivity index (χ0n) is 25.0. The summed E-state index contributed by atoms with van der Waals surface area (Å²) >= 11 is 0. The van der Waals surface area contributed by atoms with Gasteiger partial charge in [-0.25, -0.2) is 0 Å². The average Bonchev–Trinajstić information content (AvgIpc) is 3.05. The number of rotatable bonds is 9. The Morgan fingerprint density at radius 2 is 1.53 bits per heavy atom. The largest absolute Gasteiger partial charge is 0.504 e. The van der Waals surface area contributed by atoms with E-state index in [1.165, 1.54) is 25.3 Å². The molecule has 47 heavy (non-hydrogen) atoms. The van der Waals surface area contributed by atoms with Crippen LogP contribution in [0.25, 0.3) is 22.3 Å². The second kappa shape index (κ2) is 13.6. The van der Waals surface area contributed by atoms with Gasteiger partial charge in [-0.2, -0.15) is 0 Å². The molecule has 0 saturated carbocycles. The van der Waals surface area contributed by atoms with Crippen molar-refractivity contribution in [2.75, 3.05) is 34.5 Å². The fraction of sp³-hybridized carbons (Fsp3) is 0.483. The molecule has 3 heterocycles. The van der Waals surface area contributed by atoms with Gasteiger partial charge in [0.25, 0.3) is 0 Å².